The van der Waals surface area contributed by atoms with Crippen LogP contribution < -0.4 is 9.47 Å². The van der Waals surface area contributed by atoms with Crippen molar-refractivity contribution in [2.75, 3.05) is 25.2 Å². The summed E-state index contributed by atoms with van der Waals surface area (Å²) in [6.07, 6.45) is 3.01. The third kappa shape index (κ3) is 7.94. The van der Waals surface area contributed by atoms with Crippen molar-refractivity contribution in [1.82, 2.24) is 0 Å². The highest BCUT2D eigenvalue weighted by atomic mass is 32.2. The van der Waals surface area contributed by atoms with E-state index in [0.717, 1.165) is 42.3 Å². The number of carboxylic acids is 1. The first-order valence-electron chi connectivity index (χ1n) is 6.79. The molecule has 0 bridgehead atoms. The zero-order valence-electron chi connectivity index (χ0n) is 11.8. The van der Waals surface area contributed by atoms with Crippen molar-refractivity contribution in [1.29, 1.82) is 0 Å². The molecule has 0 fully saturated rings. The van der Waals surface area contributed by atoms with Gasteiger partial charge in [-0.15, -0.1) is 0 Å². The molecule has 1 aromatic carbocycles. The van der Waals surface area contributed by atoms with E-state index < -0.39 is 5.97 Å². The smallest absolute Gasteiger partial charge is 0.303 e. The third-order valence-corrected chi connectivity index (χ3v) is 3.85. The molecule has 1 N–H and O–H groups in total. The molecular weight excluding hydrogens is 276 g/mol. The van der Waals surface area contributed by atoms with Gasteiger partial charge in [-0.3, -0.25) is 4.79 Å². The van der Waals surface area contributed by atoms with E-state index in [-0.39, 0.29) is 6.42 Å². The van der Waals surface area contributed by atoms with Crippen molar-refractivity contribution in [3.8, 4) is 11.5 Å². The summed E-state index contributed by atoms with van der Waals surface area (Å²) in [5, 5.41) is 8.50. The fourth-order valence-electron chi connectivity index (χ4n) is 1.61. The molecule has 0 radical (unpaired) electrons. The summed E-state index contributed by atoms with van der Waals surface area (Å²) in [6, 6.07) is 7.56. The van der Waals surface area contributed by atoms with Gasteiger partial charge in [0.05, 0.1) is 13.7 Å². The Morgan fingerprint density at radius 3 is 2.40 bits per heavy atom. The van der Waals surface area contributed by atoms with Crippen molar-refractivity contribution in [3.63, 3.8) is 0 Å². The van der Waals surface area contributed by atoms with E-state index >= 15 is 0 Å². The van der Waals surface area contributed by atoms with Gasteiger partial charge in [-0.1, -0.05) is 0 Å². The average molecular weight is 298 g/mol. The average Bonchev–Trinajstić information content (AvgIpc) is 2.46. The lowest BCUT2D eigenvalue weighted by Crippen LogP contribution is -1.99. The first-order valence-corrected chi connectivity index (χ1v) is 7.94. The molecule has 0 aromatic heterocycles. The first kappa shape index (κ1) is 16.7. The van der Waals surface area contributed by atoms with Gasteiger partial charge in [-0.25, -0.2) is 0 Å². The number of thioether (sulfide) groups is 1. The number of carbonyl (C=O) groups is 1. The Morgan fingerprint density at radius 2 is 1.75 bits per heavy atom. The molecule has 1 aromatic rings. The van der Waals surface area contributed by atoms with Gasteiger partial charge in [0, 0.05) is 6.42 Å². The molecule has 0 saturated carbocycles. The Balaban J connectivity index is 1.95. The van der Waals surface area contributed by atoms with Crippen LogP contribution in [0.15, 0.2) is 24.3 Å². The molecule has 0 amide bonds. The van der Waals surface area contributed by atoms with Crippen LogP contribution in [0.3, 0.4) is 0 Å². The number of unbranched alkanes of at least 4 members (excludes halogenated alkanes) is 1. The molecule has 4 nitrogen and oxygen atoms in total. The number of aliphatic carboxylic acids is 1. The minimum atomic E-state index is -0.706. The Bertz CT molecular complexity index is 378. The molecule has 0 heterocycles. The largest absolute Gasteiger partial charge is 0.497 e. The van der Waals surface area contributed by atoms with Gasteiger partial charge >= 0.3 is 5.97 Å². The van der Waals surface area contributed by atoms with Gasteiger partial charge < -0.3 is 14.6 Å². The standard InChI is InChI=1S/C15H22O4S/c1-18-13-6-8-14(9-7-13)19-10-4-12-20-11-3-2-5-15(16)17/h6-9H,2-5,10-12H2,1H3,(H,16,17). The Hall–Kier alpha value is -1.36. The van der Waals surface area contributed by atoms with Gasteiger partial charge in [0.1, 0.15) is 11.5 Å². The molecule has 112 valence electrons. The maximum Gasteiger partial charge on any atom is 0.303 e. The quantitative estimate of drug-likeness (QED) is 0.634. The molecule has 1 rings (SSSR count). The highest BCUT2D eigenvalue weighted by Crippen LogP contribution is 2.17. The summed E-state index contributed by atoms with van der Waals surface area (Å²) in [4.78, 5) is 10.3. The number of hydrogen-bond donors (Lipinski definition) is 1. The number of benzene rings is 1. The van der Waals surface area contributed by atoms with Gasteiger partial charge in [0.25, 0.3) is 0 Å². The molecule has 0 saturated heterocycles. The maximum absolute atomic E-state index is 10.3. The molecule has 0 spiro atoms. The summed E-state index contributed by atoms with van der Waals surface area (Å²) in [5.41, 5.74) is 0. The second-order valence-corrected chi connectivity index (χ2v) is 5.57. The van der Waals surface area contributed by atoms with Crippen molar-refractivity contribution in [2.45, 2.75) is 25.7 Å². The summed E-state index contributed by atoms with van der Waals surface area (Å²) in [7, 11) is 1.64. The highest BCUT2D eigenvalue weighted by Gasteiger charge is 1.98. The molecule has 0 aliphatic rings. The van der Waals surface area contributed by atoms with E-state index in [1.807, 2.05) is 36.0 Å². The van der Waals surface area contributed by atoms with E-state index in [1.165, 1.54) is 0 Å². The second-order valence-electron chi connectivity index (χ2n) is 4.34. The summed E-state index contributed by atoms with van der Waals surface area (Å²) < 4.78 is 10.7. The van der Waals surface area contributed by atoms with E-state index in [2.05, 4.69) is 0 Å². The van der Waals surface area contributed by atoms with Crippen LogP contribution in [-0.4, -0.2) is 36.3 Å². The van der Waals surface area contributed by atoms with Crippen LogP contribution in [0.4, 0.5) is 0 Å². The van der Waals surface area contributed by atoms with Crippen molar-refractivity contribution in [3.05, 3.63) is 24.3 Å². The predicted molar refractivity (Wildman–Crippen MR) is 81.9 cm³/mol. The van der Waals surface area contributed by atoms with Crippen molar-refractivity contribution < 1.29 is 19.4 Å². The van der Waals surface area contributed by atoms with Crippen molar-refractivity contribution in [2.24, 2.45) is 0 Å². The van der Waals surface area contributed by atoms with Crippen LogP contribution in [0, 0.1) is 0 Å². The fourth-order valence-corrected chi connectivity index (χ4v) is 2.54. The number of ether oxygens (including phenoxy) is 2. The lowest BCUT2D eigenvalue weighted by molar-refractivity contribution is -0.137. The number of methoxy groups -OCH3 is 1. The third-order valence-electron chi connectivity index (χ3n) is 2.69. The Kier molecular flexibility index (Phi) is 8.71. The lowest BCUT2D eigenvalue weighted by atomic mass is 10.3. The van der Waals surface area contributed by atoms with Gasteiger partial charge in [0.15, 0.2) is 0 Å². The maximum atomic E-state index is 10.3. The minimum Gasteiger partial charge on any atom is -0.497 e. The zero-order chi connectivity index (χ0) is 14.6. The highest BCUT2D eigenvalue weighted by molar-refractivity contribution is 7.99. The van der Waals surface area contributed by atoms with Gasteiger partial charge in [-0.05, 0) is 55.0 Å². The zero-order valence-corrected chi connectivity index (χ0v) is 12.7. The first-order chi connectivity index (χ1) is 9.72. The van der Waals surface area contributed by atoms with Crippen LogP contribution in [0.2, 0.25) is 0 Å². The molecule has 0 atom stereocenters. The molecule has 0 aliphatic heterocycles. The minimum absolute atomic E-state index is 0.279. The molecule has 0 unspecified atom stereocenters. The Labute approximate surface area is 124 Å². The van der Waals surface area contributed by atoms with Gasteiger partial charge in [-0.2, -0.15) is 11.8 Å². The fraction of sp³-hybridized carbons (Fsp3) is 0.533. The second kappa shape index (κ2) is 10.4. The van der Waals surface area contributed by atoms with Crippen LogP contribution in [0.5, 0.6) is 11.5 Å². The van der Waals surface area contributed by atoms with E-state index in [4.69, 9.17) is 14.6 Å². The molecule has 20 heavy (non-hydrogen) atoms. The van der Waals surface area contributed by atoms with Crippen LogP contribution in [0.25, 0.3) is 0 Å². The summed E-state index contributed by atoms with van der Waals surface area (Å²) in [5.74, 6) is 3.05. The lowest BCUT2D eigenvalue weighted by Gasteiger charge is -2.07. The van der Waals surface area contributed by atoms with E-state index in [0.29, 0.717) is 6.61 Å². The number of hydrogen-bond acceptors (Lipinski definition) is 4. The van der Waals surface area contributed by atoms with E-state index in [1.54, 1.807) is 7.11 Å². The summed E-state index contributed by atoms with van der Waals surface area (Å²) in [6.45, 7) is 0.703. The van der Waals surface area contributed by atoms with Gasteiger partial charge in [0.2, 0.25) is 0 Å². The molecule has 5 heteroatoms. The number of carboxylic acid groups (broad SMARTS) is 1. The predicted octanol–water partition coefficient (Wildman–Crippen LogP) is 3.45. The monoisotopic (exact) mass is 298 g/mol. The summed E-state index contributed by atoms with van der Waals surface area (Å²) >= 11 is 1.85. The Morgan fingerprint density at radius 1 is 1.10 bits per heavy atom. The topological polar surface area (TPSA) is 55.8 Å². The van der Waals surface area contributed by atoms with E-state index in [9.17, 15) is 4.79 Å². The van der Waals surface area contributed by atoms with Crippen molar-refractivity contribution >= 4 is 17.7 Å². The number of rotatable bonds is 11. The van der Waals surface area contributed by atoms with Crippen LogP contribution in [0.1, 0.15) is 25.7 Å². The van der Waals surface area contributed by atoms with Crippen LogP contribution in [-0.2, 0) is 4.79 Å². The molecular formula is C15H22O4S. The SMILES string of the molecule is COc1ccc(OCCCSCCCCC(=O)O)cc1. The van der Waals surface area contributed by atoms with Crippen LogP contribution >= 0.6 is 11.8 Å². The normalized spacial score (nSPS) is 10.2. The molecule has 0 aliphatic carbocycles.